The van der Waals surface area contributed by atoms with Crippen LogP contribution < -0.4 is 4.74 Å². The number of aromatic carboxylic acids is 1. The SMILES string of the molecule is CC(C)n1ccc(COc2ccc(C(=O)O)cc2Br)n1. The van der Waals surface area contributed by atoms with Crippen molar-refractivity contribution in [3.63, 3.8) is 0 Å². The number of carboxylic acids is 1. The van der Waals surface area contributed by atoms with E-state index in [0.717, 1.165) is 5.69 Å². The Bertz CT molecular complexity index is 623. The highest BCUT2D eigenvalue weighted by Crippen LogP contribution is 2.26. The summed E-state index contributed by atoms with van der Waals surface area (Å²) in [6.45, 7) is 4.45. The quantitative estimate of drug-likeness (QED) is 0.905. The topological polar surface area (TPSA) is 64.3 Å². The Morgan fingerprint density at radius 3 is 2.75 bits per heavy atom. The lowest BCUT2D eigenvalue weighted by molar-refractivity contribution is 0.0696. The lowest BCUT2D eigenvalue weighted by Gasteiger charge is -2.08. The minimum atomic E-state index is -0.965. The maximum atomic E-state index is 10.8. The fraction of sp³-hybridized carbons (Fsp3) is 0.286. The standard InChI is InChI=1S/C14H15BrN2O3/c1-9(2)17-6-5-11(16-17)8-20-13-4-3-10(14(18)19)7-12(13)15/h3-7,9H,8H2,1-2H3,(H,18,19). The Kier molecular flexibility index (Phi) is 4.44. The maximum Gasteiger partial charge on any atom is 0.335 e. The summed E-state index contributed by atoms with van der Waals surface area (Å²) in [5.41, 5.74) is 1.04. The molecule has 20 heavy (non-hydrogen) atoms. The van der Waals surface area contributed by atoms with E-state index in [4.69, 9.17) is 9.84 Å². The second kappa shape index (κ2) is 6.09. The Morgan fingerprint density at radius 2 is 2.20 bits per heavy atom. The van der Waals surface area contributed by atoms with Crippen LogP contribution in [0.4, 0.5) is 0 Å². The van der Waals surface area contributed by atoms with Crippen molar-refractivity contribution < 1.29 is 14.6 Å². The predicted molar refractivity (Wildman–Crippen MR) is 78.0 cm³/mol. The van der Waals surface area contributed by atoms with Gasteiger partial charge >= 0.3 is 5.97 Å². The van der Waals surface area contributed by atoms with Gasteiger partial charge in [-0.25, -0.2) is 4.79 Å². The summed E-state index contributed by atoms with van der Waals surface area (Å²) in [6, 6.07) is 6.87. The van der Waals surface area contributed by atoms with Crippen molar-refractivity contribution in [2.24, 2.45) is 0 Å². The number of hydrogen-bond acceptors (Lipinski definition) is 3. The molecule has 0 aliphatic carbocycles. The maximum absolute atomic E-state index is 10.8. The van der Waals surface area contributed by atoms with E-state index in [1.165, 1.54) is 12.1 Å². The van der Waals surface area contributed by atoms with Crippen molar-refractivity contribution in [2.45, 2.75) is 26.5 Å². The Hall–Kier alpha value is -1.82. The van der Waals surface area contributed by atoms with Gasteiger partial charge in [-0.3, -0.25) is 4.68 Å². The van der Waals surface area contributed by atoms with Crippen LogP contribution in [-0.4, -0.2) is 20.9 Å². The number of halogens is 1. The van der Waals surface area contributed by atoms with Crippen LogP contribution in [0.15, 0.2) is 34.9 Å². The third-order valence-electron chi connectivity index (χ3n) is 2.75. The first-order chi connectivity index (χ1) is 9.47. The van der Waals surface area contributed by atoms with E-state index in [9.17, 15) is 4.79 Å². The molecule has 0 aliphatic heterocycles. The minimum absolute atomic E-state index is 0.216. The van der Waals surface area contributed by atoms with Gasteiger partial charge < -0.3 is 9.84 Å². The smallest absolute Gasteiger partial charge is 0.335 e. The van der Waals surface area contributed by atoms with Crippen LogP contribution in [0, 0.1) is 0 Å². The van der Waals surface area contributed by atoms with Gasteiger partial charge in [0, 0.05) is 12.2 Å². The number of rotatable bonds is 5. The normalized spacial score (nSPS) is 10.8. The molecular weight excluding hydrogens is 324 g/mol. The van der Waals surface area contributed by atoms with Gasteiger partial charge in [0.05, 0.1) is 15.7 Å². The first kappa shape index (κ1) is 14.6. The zero-order valence-corrected chi connectivity index (χ0v) is 12.8. The number of ether oxygens (including phenoxy) is 1. The van der Waals surface area contributed by atoms with Crippen LogP contribution in [-0.2, 0) is 6.61 Å². The van der Waals surface area contributed by atoms with Gasteiger partial charge in [0.2, 0.25) is 0 Å². The largest absolute Gasteiger partial charge is 0.486 e. The predicted octanol–water partition coefficient (Wildman–Crippen LogP) is 3.50. The molecule has 0 unspecified atom stereocenters. The van der Waals surface area contributed by atoms with Gasteiger partial charge in [-0.05, 0) is 54.0 Å². The lowest BCUT2D eigenvalue weighted by atomic mass is 10.2. The van der Waals surface area contributed by atoms with Crippen LogP contribution in [0.3, 0.4) is 0 Å². The number of carbonyl (C=O) groups is 1. The van der Waals surface area contributed by atoms with Gasteiger partial charge in [0.25, 0.3) is 0 Å². The number of hydrogen-bond donors (Lipinski definition) is 1. The summed E-state index contributed by atoms with van der Waals surface area (Å²) >= 11 is 3.30. The molecule has 0 radical (unpaired) electrons. The number of carboxylic acid groups (broad SMARTS) is 1. The van der Waals surface area contributed by atoms with Crippen molar-refractivity contribution in [2.75, 3.05) is 0 Å². The van der Waals surface area contributed by atoms with E-state index >= 15 is 0 Å². The van der Waals surface area contributed by atoms with E-state index in [0.29, 0.717) is 22.9 Å². The summed E-state index contributed by atoms with van der Waals surface area (Å²) in [5.74, 6) is -0.373. The molecule has 6 heteroatoms. The molecule has 0 saturated carbocycles. The molecule has 0 aliphatic rings. The molecule has 0 spiro atoms. The van der Waals surface area contributed by atoms with Crippen molar-refractivity contribution in [3.05, 3.63) is 46.2 Å². The first-order valence-corrected chi connectivity index (χ1v) is 6.96. The highest BCUT2D eigenvalue weighted by Gasteiger charge is 2.09. The third-order valence-corrected chi connectivity index (χ3v) is 3.37. The van der Waals surface area contributed by atoms with Crippen molar-refractivity contribution in [3.8, 4) is 5.75 Å². The van der Waals surface area contributed by atoms with Crippen LogP contribution in [0.1, 0.15) is 35.9 Å². The number of aromatic nitrogens is 2. The van der Waals surface area contributed by atoms with E-state index < -0.39 is 5.97 Å². The summed E-state index contributed by atoms with van der Waals surface area (Å²) in [5, 5.41) is 13.3. The highest BCUT2D eigenvalue weighted by molar-refractivity contribution is 9.10. The minimum Gasteiger partial charge on any atom is -0.486 e. The molecule has 1 aromatic carbocycles. The van der Waals surface area contributed by atoms with Crippen molar-refractivity contribution in [1.82, 2.24) is 9.78 Å². The van der Waals surface area contributed by atoms with Gasteiger partial charge in [-0.15, -0.1) is 0 Å². The monoisotopic (exact) mass is 338 g/mol. The first-order valence-electron chi connectivity index (χ1n) is 6.17. The summed E-state index contributed by atoms with van der Waals surface area (Å²) in [6.07, 6.45) is 1.91. The van der Waals surface area contributed by atoms with Crippen LogP contribution in [0.25, 0.3) is 0 Å². The van der Waals surface area contributed by atoms with Gasteiger partial charge in [-0.2, -0.15) is 5.10 Å². The highest BCUT2D eigenvalue weighted by atomic mass is 79.9. The Labute approximate surface area is 125 Å². The molecule has 0 bridgehead atoms. The molecule has 5 nitrogen and oxygen atoms in total. The fourth-order valence-corrected chi connectivity index (χ4v) is 2.14. The molecule has 0 saturated heterocycles. The van der Waals surface area contributed by atoms with Gasteiger partial charge in [0.1, 0.15) is 12.4 Å². The number of benzene rings is 1. The zero-order chi connectivity index (χ0) is 14.7. The second-order valence-electron chi connectivity index (χ2n) is 4.62. The fourth-order valence-electron chi connectivity index (χ4n) is 1.64. The molecule has 1 aromatic heterocycles. The molecule has 0 fully saturated rings. The Balaban J connectivity index is 2.05. The van der Waals surface area contributed by atoms with E-state index in [-0.39, 0.29) is 5.56 Å². The second-order valence-corrected chi connectivity index (χ2v) is 5.47. The molecule has 0 atom stereocenters. The average Bonchev–Trinajstić information content (AvgIpc) is 2.86. The Morgan fingerprint density at radius 1 is 1.45 bits per heavy atom. The summed E-state index contributed by atoms with van der Waals surface area (Å²) in [4.78, 5) is 10.8. The van der Waals surface area contributed by atoms with Gasteiger partial charge in [-0.1, -0.05) is 0 Å². The van der Waals surface area contributed by atoms with Gasteiger partial charge in [0.15, 0.2) is 0 Å². The van der Waals surface area contributed by atoms with E-state index in [2.05, 4.69) is 34.9 Å². The van der Waals surface area contributed by atoms with Crippen LogP contribution >= 0.6 is 15.9 Å². The molecule has 2 rings (SSSR count). The number of nitrogens with zero attached hydrogens (tertiary/aromatic N) is 2. The summed E-state index contributed by atoms with van der Waals surface area (Å²) < 4.78 is 8.11. The molecule has 1 N–H and O–H groups in total. The molecule has 0 amide bonds. The zero-order valence-electron chi connectivity index (χ0n) is 11.2. The molecule has 1 heterocycles. The molecular formula is C14H15BrN2O3. The molecule has 2 aromatic rings. The molecule has 106 valence electrons. The van der Waals surface area contributed by atoms with E-state index in [1.807, 2.05) is 16.9 Å². The third kappa shape index (κ3) is 3.39. The lowest BCUT2D eigenvalue weighted by Crippen LogP contribution is -2.04. The average molecular weight is 339 g/mol. The summed E-state index contributed by atoms with van der Waals surface area (Å²) in [7, 11) is 0. The van der Waals surface area contributed by atoms with Crippen molar-refractivity contribution >= 4 is 21.9 Å². The van der Waals surface area contributed by atoms with Crippen molar-refractivity contribution in [1.29, 1.82) is 0 Å². The van der Waals surface area contributed by atoms with Crippen LogP contribution in [0.2, 0.25) is 0 Å². The van der Waals surface area contributed by atoms with E-state index in [1.54, 1.807) is 6.07 Å². The van der Waals surface area contributed by atoms with Crippen LogP contribution in [0.5, 0.6) is 5.75 Å².